The molecule has 1 aliphatic rings. The number of rotatable bonds is 6. The molecule has 0 aromatic heterocycles. The van der Waals surface area contributed by atoms with Crippen LogP contribution in [0, 0.1) is 11.8 Å². The monoisotopic (exact) mass is 346 g/mol. The van der Waals surface area contributed by atoms with E-state index in [-0.39, 0.29) is 30.3 Å². The Hall–Kier alpha value is -1.58. The molecule has 0 radical (unpaired) electrons. The fourth-order valence-electron chi connectivity index (χ4n) is 3.38. The van der Waals surface area contributed by atoms with Crippen LogP contribution in [0.4, 0.5) is 0 Å². The van der Waals surface area contributed by atoms with Crippen molar-refractivity contribution in [2.45, 2.75) is 38.6 Å². The molecule has 130 valence electrons. The molecular weight excluding hydrogens is 320 g/mol. The molecule has 3 nitrogen and oxygen atoms in total. The number of hydrogen-bond acceptors (Lipinski definition) is 2. The van der Waals surface area contributed by atoms with E-state index in [0.717, 1.165) is 12.8 Å². The van der Waals surface area contributed by atoms with Crippen molar-refractivity contribution in [3.8, 4) is 0 Å². The van der Waals surface area contributed by atoms with E-state index in [0.29, 0.717) is 18.4 Å². The molecule has 3 atom stereocenters. The largest absolute Gasteiger partial charge is 0.352 e. The summed E-state index contributed by atoms with van der Waals surface area (Å²) in [5.41, 5.74) is 7.06. The predicted octanol–water partition coefficient (Wildman–Crippen LogP) is 3.85. The van der Waals surface area contributed by atoms with Gasteiger partial charge in [-0.05, 0) is 41.0 Å². The summed E-state index contributed by atoms with van der Waals surface area (Å²) in [6.45, 7) is 4.82. The van der Waals surface area contributed by atoms with Crippen LogP contribution in [0.1, 0.15) is 38.2 Å². The molecule has 3 unspecified atom stereocenters. The molecule has 0 aliphatic heterocycles. The lowest BCUT2D eigenvalue weighted by Crippen LogP contribution is -2.41. The van der Waals surface area contributed by atoms with E-state index in [1.165, 1.54) is 16.3 Å². The number of nitrogens with one attached hydrogen (secondary N) is 1. The van der Waals surface area contributed by atoms with E-state index in [1.54, 1.807) is 0 Å². The molecule has 1 fully saturated rings. The molecule has 1 amide bonds. The summed E-state index contributed by atoms with van der Waals surface area (Å²) in [6.07, 6.45) is 1.89. The van der Waals surface area contributed by atoms with Crippen molar-refractivity contribution < 1.29 is 4.79 Å². The molecule has 0 bridgehead atoms. The van der Waals surface area contributed by atoms with Gasteiger partial charge in [0.25, 0.3) is 0 Å². The Kier molecular flexibility index (Phi) is 6.25. The van der Waals surface area contributed by atoms with Crippen molar-refractivity contribution in [2.24, 2.45) is 17.6 Å². The fourth-order valence-corrected chi connectivity index (χ4v) is 3.38. The summed E-state index contributed by atoms with van der Waals surface area (Å²) in [7, 11) is 0. The maximum Gasteiger partial charge on any atom is 0.224 e. The Morgan fingerprint density at radius 2 is 1.92 bits per heavy atom. The molecule has 3 N–H and O–H groups in total. The van der Waals surface area contributed by atoms with E-state index in [9.17, 15) is 4.79 Å². The lowest BCUT2D eigenvalue weighted by atomic mass is 10.0. The summed E-state index contributed by atoms with van der Waals surface area (Å²) in [6, 6.07) is 15.0. The van der Waals surface area contributed by atoms with E-state index in [2.05, 4.69) is 61.6 Å². The average molecular weight is 347 g/mol. The minimum Gasteiger partial charge on any atom is -0.352 e. The Bertz CT molecular complexity index is 701. The van der Waals surface area contributed by atoms with E-state index < -0.39 is 0 Å². The standard InChI is InChI=1S/C20H26N2O.ClH/c1-13(2)9-17(12-21)22-20(23)19-11-18(19)16-8-7-14-5-3-4-6-15(14)10-16;/h3-8,10,13,17-19H,9,11-12,21H2,1-2H3,(H,22,23);1H. The second-order valence-corrected chi connectivity index (χ2v) is 7.13. The summed E-state index contributed by atoms with van der Waals surface area (Å²) in [5, 5.41) is 5.63. The molecular formula is C20H27ClN2O. The van der Waals surface area contributed by atoms with Crippen LogP contribution in [0.3, 0.4) is 0 Å². The van der Waals surface area contributed by atoms with Crippen LogP contribution in [0.25, 0.3) is 10.8 Å². The van der Waals surface area contributed by atoms with Gasteiger partial charge >= 0.3 is 0 Å². The highest BCUT2D eigenvalue weighted by molar-refractivity contribution is 5.86. The zero-order valence-electron chi connectivity index (χ0n) is 14.4. The Balaban J connectivity index is 0.00000208. The van der Waals surface area contributed by atoms with Gasteiger partial charge in [0, 0.05) is 18.5 Å². The first-order valence-electron chi connectivity index (χ1n) is 8.57. The maximum atomic E-state index is 12.4. The number of fused-ring (bicyclic) bond motifs is 1. The SMILES string of the molecule is CC(C)CC(CN)NC(=O)C1CC1c1ccc2ccccc2c1.Cl. The van der Waals surface area contributed by atoms with Crippen molar-refractivity contribution in [1.29, 1.82) is 0 Å². The van der Waals surface area contributed by atoms with Crippen molar-refractivity contribution in [2.75, 3.05) is 6.54 Å². The van der Waals surface area contributed by atoms with E-state index in [1.807, 2.05) is 0 Å². The minimum absolute atomic E-state index is 0. The topological polar surface area (TPSA) is 55.1 Å². The van der Waals surface area contributed by atoms with Crippen LogP contribution in [0.5, 0.6) is 0 Å². The van der Waals surface area contributed by atoms with E-state index in [4.69, 9.17) is 5.73 Å². The number of carbonyl (C=O) groups is 1. The van der Waals surface area contributed by atoms with Crippen molar-refractivity contribution in [3.05, 3.63) is 48.0 Å². The zero-order chi connectivity index (χ0) is 16.4. The Labute approximate surface area is 150 Å². The van der Waals surface area contributed by atoms with Gasteiger partial charge in [0.15, 0.2) is 0 Å². The molecule has 1 saturated carbocycles. The van der Waals surface area contributed by atoms with Crippen LogP contribution in [-0.4, -0.2) is 18.5 Å². The van der Waals surface area contributed by atoms with Gasteiger partial charge in [-0.1, -0.05) is 56.3 Å². The number of benzene rings is 2. The molecule has 2 aromatic rings. The smallest absolute Gasteiger partial charge is 0.224 e. The van der Waals surface area contributed by atoms with Gasteiger partial charge in [-0.25, -0.2) is 0 Å². The highest BCUT2D eigenvalue weighted by Crippen LogP contribution is 2.48. The molecule has 24 heavy (non-hydrogen) atoms. The lowest BCUT2D eigenvalue weighted by molar-refractivity contribution is -0.123. The average Bonchev–Trinajstić information content (AvgIpc) is 3.34. The number of halogens is 1. The lowest BCUT2D eigenvalue weighted by Gasteiger charge is -2.18. The molecule has 0 saturated heterocycles. The highest BCUT2D eigenvalue weighted by atomic mass is 35.5. The first-order valence-corrected chi connectivity index (χ1v) is 8.57. The van der Waals surface area contributed by atoms with Crippen molar-refractivity contribution >= 4 is 29.1 Å². The van der Waals surface area contributed by atoms with Gasteiger partial charge in [0.05, 0.1) is 0 Å². The van der Waals surface area contributed by atoms with Gasteiger partial charge in [0.2, 0.25) is 5.91 Å². The maximum absolute atomic E-state index is 12.4. The third kappa shape index (κ3) is 4.28. The molecule has 0 heterocycles. The third-order valence-corrected chi connectivity index (χ3v) is 4.72. The second-order valence-electron chi connectivity index (χ2n) is 7.13. The summed E-state index contributed by atoms with van der Waals surface area (Å²) >= 11 is 0. The van der Waals surface area contributed by atoms with E-state index >= 15 is 0 Å². The summed E-state index contributed by atoms with van der Waals surface area (Å²) < 4.78 is 0. The summed E-state index contributed by atoms with van der Waals surface area (Å²) in [5.74, 6) is 1.17. The van der Waals surface area contributed by atoms with Gasteiger partial charge in [-0.15, -0.1) is 12.4 Å². The van der Waals surface area contributed by atoms with Crippen molar-refractivity contribution in [1.82, 2.24) is 5.32 Å². The summed E-state index contributed by atoms with van der Waals surface area (Å²) in [4.78, 5) is 12.4. The van der Waals surface area contributed by atoms with Gasteiger partial charge < -0.3 is 11.1 Å². The van der Waals surface area contributed by atoms with Crippen LogP contribution in [0.15, 0.2) is 42.5 Å². The first-order chi connectivity index (χ1) is 11.1. The molecule has 0 spiro atoms. The third-order valence-electron chi connectivity index (χ3n) is 4.72. The molecule has 1 aliphatic carbocycles. The number of nitrogens with two attached hydrogens (primary N) is 1. The van der Waals surface area contributed by atoms with Crippen LogP contribution < -0.4 is 11.1 Å². The van der Waals surface area contributed by atoms with Crippen LogP contribution in [-0.2, 0) is 4.79 Å². The zero-order valence-corrected chi connectivity index (χ0v) is 15.2. The van der Waals surface area contributed by atoms with Crippen molar-refractivity contribution in [3.63, 3.8) is 0 Å². The predicted molar refractivity (Wildman–Crippen MR) is 102 cm³/mol. The molecule has 3 rings (SSSR count). The quantitative estimate of drug-likeness (QED) is 0.834. The van der Waals surface area contributed by atoms with Gasteiger partial charge in [-0.3, -0.25) is 4.79 Å². The second kappa shape index (κ2) is 8.00. The number of hydrogen-bond donors (Lipinski definition) is 2. The Morgan fingerprint density at radius 3 is 2.58 bits per heavy atom. The van der Waals surface area contributed by atoms with Crippen LogP contribution in [0.2, 0.25) is 0 Å². The normalized spacial score (nSPS) is 20.5. The van der Waals surface area contributed by atoms with Gasteiger partial charge in [-0.2, -0.15) is 0 Å². The first kappa shape index (κ1) is 18.8. The Morgan fingerprint density at radius 1 is 1.21 bits per heavy atom. The van der Waals surface area contributed by atoms with Gasteiger partial charge in [0.1, 0.15) is 0 Å². The number of amides is 1. The molecule has 4 heteroatoms. The fraction of sp³-hybridized carbons (Fsp3) is 0.450. The van der Waals surface area contributed by atoms with Crippen LogP contribution >= 0.6 is 12.4 Å². The number of carbonyl (C=O) groups excluding carboxylic acids is 1. The minimum atomic E-state index is 0. The molecule has 2 aromatic carbocycles. The highest BCUT2D eigenvalue weighted by Gasteiger charge is 2.44.